The summed E-state index contributed by atoms with van der Waals surface area (Å²) >= 11 is 0. The minimum Gasteiger partial charge on any atom is -0.444 e. The summed E-state index contributed by atoms with van der Waals surface area (Å²) in [6, 6.07) is 15.5. The van der Waals surface area contributed by atoms with E-state index < -0.39 is 23.8 Å². The Morgan fingerprint density at radius 2 is 1.63 bits per heavy atom. The first-order valence-electron chi connectivity index (χ1n) is 13.7. The number of carbonyl (C=O) groups excluding carboxylic acids is 3. The van der Waals surface area contributed by atoms with Crippen molar-refractivity contribution in [3.63, 3.8) is 0 Å². The third-order valence-electron chi connectivity index (χ3n) is 6.59. The summed E-state index contributed by atoms with van der Waals surface area (Å²) in [6.07, 6.45) is 3.06. The van der Waals surface area contributed by atoms with Gasteiger partial charge in [-0.2, -0.15) is 0 Å². The maximum atomic E-state index is 14.3. The standard InChI is InChI=1S/C31H43N3O4/c1-7-13-22(3)32-28(35)27(25-17-12-11-14-21(25)2)34(24-18-19-24)29(36)26(20-23-15-9-8-10-16-23)33-30(37)38-31(4,5)6/h8-12,14-17,22,24,26-27H,7,13,18-20H2,1-6H3,(H,32,35)(H,33,37). The molecular formula is C31H43N3O4. The largest absolute Gasteiger partial charge is 0.444 e. The molecule has 2 N–H and O–H groups in total. The first-order valence-corrected chi connectivity index (χ1v) is 13.7. The fraction of sp³-hybridized carbons (Fsp3) is 0.516. The van der Waals surface area contributed by atoms with E-state index in [-0.39, 0.29) is 30.3 Å². The number of nitrogens with one attached hydrogen (secondary N) is 2. The van der Waals surface area contributed by atoms with E-state index in [0.717, 1.165) is 42.4 Å². The molecule has 0 heterocycles. The van der Waals surface area contributed by atoms with E-state index in [1.807, 2.05) is 68.4 Å². The smallest absolute Gasteiger partial charge is 0.408 e. The van der Waals surface area contributed by atoms with Gasteiger partial charge in [0, 0.05) is 18.5 Å². The molecule has 3 amide bonds. The summed E-state index contributed by atoms with van der Waals surface area (Å²) in [5.74, 6) is -0.481. The summed E-state index contributed by atoms with van der Waals surface area (Å²) in [6.45, 7) is 11.4. The van der Waals surface area contributed by atoms with E-state index >= 15 is 0 Å². The zero-order valence-electron chi connectivity index (χ0n) is 23.6. The maximum Gasteiger partial charge on any atom is 0.408 e. The van der Waals surface area contributed by atoms with E-state index in [2.05, 4.69) is 17.6 Å². The fourth-order valence-corrected chi connectivity index (χ4v) is 4.69. The first kappa shape index (κ1) is 29.2. The van der Waals surface area contributed by atoms with Crippen LogP contribution in [-0.4, -0.2) is 46.5 Å². The molecule has 3 rings (SSSR count). The molecule has 7 nitrogen and oxygen atoms in total. The zero-order valence-corrected chi connectivity index (χ0v) is 23.6. The van der Waals surface area contributed by atoms with Gasteiger partial charge in [0.05, 0.1) is 0 Å². The Bertz CT molecular complexity index is 1090. The van der Waals surface area contributed by atoms with Crippen molar-refractivity contribution in [3.8, 4) is 0 Å². The van der Waals surface area contributed by atoms with Crippen LogP contribution in [0.15, 0.2) is 54.6 Å². The highest BCUT2D eigenvalue weighted by atomic mass is 16.6. The maximum absolute atomic E-state index is 14.3. The average Bonchev–Trinajstić information content (AvgIpc) is 3.67. The monoisotopic (exact) mass is 521 g/mol. The lowest BCUT2D eigenvalue weighted by Gasteiger charge is -2.36. The number of benzene rings is 2. The van der Waals surface area contributed by atoms with E-state index in [1.165, 1.54) is 0 Å². The van der Waals surface area contributed by atoms with Gasteiger partial charge in [0.15, 0.2) is 0 Å². The van der Waals surface area contributed by atoms with Gasteiger partial charge in [0.1, 0.15) is 17.7 Å². The van der Waals surface area contributed by atoms with Crippen molar-refractivity contribution < 1.29 is 19.1 Å². The zero-order chi connectivity index (χ0) is 27.9. The Balaban J connectivity index is 2.00. The van der Waals surface area contributed by atoms with Crippen molar-refractivity contribution in [3.05, 3.63) is 71.3 Å². The number of aryl methyl sites for hydroxylation is 1. The van der Waals surface area contributed by atoms with Crippen LogP contribution in [0.5, 0.6) is 0 Å². The molecule has 0 spiro atoms. The van der Waals surface area contributed by atoms with Gasteiger partial charge in [-0.1, -0.05) is 67.9 Å². The van der Waals surface area contributed by atoms with Gasteiger partial charge in [-0.05, 0) is 70.6 Å². The Kier molecular flexibility index (Phi) is 9.95. The SMILES string of the molecule is CCCC(C)NC(=O)C(c1ccccc1C)N(C(=O)C(Cc1ccccc1)NC(=O)OC(C)(C)C)C1CC1. The molecule has 2 aromatic rings. The number of nitrogens with zero attached hydrogens (tertiary/aromatic N) is 1. The number of hydrogen-bond acceptors (Lipinski definition) is 4. The molecule has 1 fully saturated rings. The lowest BCUT2D eigenvalue weighted by atomic mass is 9.96. The summed E-state index contributed by atoms with van der Waals surface area (Å²) in [5, 5.41) is 5.96. The van der Waals surface area contributed by atoms with Crippen LogP contribution >= 0.6 is 0 Å². The molecule has 0 bridgehead atoms. The molecule has 2 aromatic carbocycles. The first-order chi connectivity index (χ1) is 18.0. The van der Waals surface area contributed by atoms with Crippen LogP contribution in [-0.2, 0) is 20.7 Å². The molecule has 0 aliphatic heterocycles. The molecule has 0 aromatic heterocycles. The Labute approximate surface area is 227 Å². The van der Waals surface area contributed by atoms with Crippen LogP contribution < -0.4 is 10.6 Å². The van der Waals surface area contributed by atoms with E-state index in [4.69, 9.17) is 4.74 Å². The molecule has 3 atom stereocenters. The van der Waals surface area contributed by atoms with Crippen molar-refractivity contribution in [1.82, 2.24) is 15.5 Å². The summed E-state index contributed by atoms with van der Waals surface area (Å²) in [5.41, 5.74) is 1.93. The second-order valence-corrected chi connectivity index (χ2v) is 11.3. The molecule has 1 saturated carbocycles. The lowest BCUT2D eigenvalue weighted by Crippen LogP contribution is -2.55. The predicted octanol–water partition coefficient (Wildman–Crippen LogP) is 5.47. The van der Waals surface area contributed by atoms with E-state index in [9.17, 15) is 14.4 Å². The van der Waals surface area contributed by atoms with Crippen molar-refractivity contribution in [2.75, 3.05) is 0 Å². The Morgan fingerprint density at radius 1 is 1.00 bits per heavy atom. The molecule has 3 unspecified atom stereocenters. The third kappa shape index (κ3) is 8.33. The lowest BCUT2D eigenvalue weighted by molar-refractivity contribution is -0.143. The summed E-state index contributed by atoms with van der Waals surface area (Å²) < 4.78 is 5.50. The Morgan fingerprint density at radius 3 is 2.21 bits per heavy atom. The summed E-state index contributed by atoms with van der Waals surface area (Å²) in [7, 11) is 0. The average molecular weight is 522 g/mol. The number of hydrogen-bond donors (Lipinski definition) is 2. The second kappa shape index (κ2) is 12.9. The van der Waals surface area contributed by atoms with Gasteiger partial charge in [-0.3, -0.25) is 9.59 Å². The quantitative estimate of drug-likeness (QED) is 0.411. The van der Waals surface area contributed by atoms with Gasteiger partial charge in [-0.15, -0.1) is 0 Å². The van der Waals surface area contributed by atoms with Crippen molar-refractivity contribution in [1.29, 1.82) is 0 Å². The van der Waals surface area contributed by atoms with Crippen LogP contribution in [0.1, 0.15) is 83.0 Å². The van der Waals surface area contributed by atoms with Crippen molar-refractivity contribution in [2.45, 2.75) is 103 Å². The molecular weight excluding hydrogens is 478 g/mol. The van der Waals surface area contributed by atoms with Crippen LogP contribution in [0.3, 0.4) is 0 Å². The van der Waals surface area contributed by atoms with E-state index in [0.29, 0.717) is 0 Å². The number of carbonyl (C=O) groups is 3. The van der Waals surface area contributed by atoms with Gasteiger partial charge in [0.25, 0.3) is 0 Å². The van der Waals surface area contributed by atoms with Gasteiger partial charge < -0.3 is 20.3 Å². The van der Waals surface area contributed by atoms with Crippen LogP contribution in [0.4, 0.5) is 4.79 Å². The number of alkyl carbamates (subject to hydrolysis) is 1. The van der Waals surface area contributed by atoms with Crippen molar-refractivity contribution in [2.24, 2.45) is 0 Å². The topological polar surface area (TPSA) is 87.7 Å². The number of ether oxygens (including phenoxy) is 1. The van der Waals surface area contributed by atoms with Gasteiger partial charge >= 0.3 is 6.09 Å². The Hall–Kier alpha value is -3.35. The number of rotatable bonds is 11. The second-order valence-electron chi connectivity index (χ2n) is 11.3. The minimum absolute atomic E-state index is 0.0184. The van der Waals surface area contributed by atoms with Gasteiger partial charge in [0.2, 0.25) is 11.8 Å². The molecule has 7 heteroatoms. The van der Waals surface area contributed by atoms with Crippen LogP contribution in [0.2, 0.25) is 0 Å². The third-order valence-corrected chi connectivity index (χ3v) is 6.59. The highest BCUT2D eigenvalue weighted by Gasteiger charge is 2.44. The minimum atomic E-state index is -0.889. The molecule has 1 aliphatic carbocycles. The molecule has 0 saturated heterocycles. The highest BCUT2D eigenvalue weighted by molar-refractivity contribution is 5.93. The molecule has 38 heavy (non-hydrogen) atoms. The highest BCUT2D eigenvalue weighted by Crippen LogP contribution is 2.37. The molecule has 0 radical (unpaired) electrons. The van der Waals surface area contributed by atoms with Crippen LogP contribution in [0, 0.1) is 6.92 Å². The van der Waals surface area contributed by atoms with Crippen LogP contribution in [0.25, 0.3) is 0 Å². The molecule has 1 aliphatic rings. The number of amides is 3. The fourth-order valence-electron chi connectivity index (χ4n) is 4.69. The van der Waals surface area contributed by atoms with Crippen molar-refractivity contribution >= 4 is 17.9 Å². The van der Waals surface area contributed by atoms with Gasteiger partial charge in [-0.25, -0.2) is 4.79 Å². The predicted molar refractivity (Wildman–Crippen MR) is 150 cm³/mol. The normalized spacial score (nSPS) is 15.6. The molecule has 206 valence electrons. The van der Waals surface area contributed by atoms with E-state index in [1.54, 1.807) is 25.7 Å². The summed E-state index contributed by atoms with van der Waals surface area (Å²) in [4.78, 5) is 42.7.